The largest absolute Gasteiger partial charge is 0.482 e. The van der Waals surface area contributed by atoms with E-state index < -0.39 is 0 Å². The van der Waals surface area contributed by atoms with Crippen molar-refractivity contribution in [1.29, 1.82) is 0 Å². The highest BCUT2D eigenvalue weighted by Crippen LogP contribution is 2.31. The number of amides is 1. The van der Waals surface area contributed by atoms with Crippen LogP contribution in [0.2, 0.25) is 0 Å². The van der Waals surface area contributed by atoms with Crippen molar-refractivity contribution in [2.45, 2.75) is 38.6 Å². The predicted molar refractivity (Wildman–Crippen MR) is 78.9 cm³/mol. The molecule has 3 rings (SSSR count). The first kappa shape index (κ1) is 13.4. The van der Waals surface area contributed by atoms with Crippen molar-refractivity contribution in [3.05, 3.63) is 23.8 Å². The number of anilines is 1. The van der Waals surface area contributed by atoms with Gasteiger partial charge in [-0.2, -0.15) is 0 Å². The standard InChI is InChI=1S/C16H22N2O2/c1-11(17-8-7-12-3-2-4-12)13-5-6-15-14(9-13)18-16(19)10-20-15/h5-6,9,11-12,17H,2-4,7-8,10H2,1H3,(H,18,19). The van der Waals surface area contributed by atoms with Gasteiger partial charge in [0.25, 0.3) is 5.91 Å². The Bertz CT molecular complexity index is 497. The number of fused-ring (bicyclic) bond motifs is 1. The molecular formula is C16H22N2O2. The van der Waals surface area contributed by atoms with Gasteiger partial charge in [0.2, 0.25) is 0 Å². The lowest BCUT2D eigenvalue weighted by Gasteiger charge is -2.26. The van der Waals surface area contributed by atoms with Gasteiger partial charge in [0, 0.05) is 6.04 Å². The second-order valence-electron chi connectivity index (χ2n) is 5.85. The second kappa shape index (κ2) is 5.83. The minimum Gasteiger partial charge on any atom is -0.482 e. The first-order valence-electron chi connectivity index (χ1n) is 7.52. The van der Waals surface area contributed by atoms with E-state index in [2.05, 4.69) is 23.6 Å². The van der Waals surface area contributed by atoms with Gasteiger partial charge in [-0.1, -0.05) is 25.3 Å². The van der Waals surface area contributed by atoms with Crippen molar-refractivity contribution in [3.8, 4) is 5.75 Å². The molecule has 4 nitrogen and oxygen atoms in total. The minimum atomic E-state index is -0.0831. The van der Waals surface area contributed by atoms with Crippen molar-refractivity contribution in [1.82, 2.24) is 5.32 Å². The maximum atomic E-state index is 11.3. The molecule has 1 heterocycles. The number of carbonyl (C=O) groups excluding carboxylic acids is 1. The summed E-state index contributed by atoms with van der Waals surface area (Å²) in [7, 11) is 0. The Kier molecular flexibility index (Phi) is 3.92. The summed E-state index contributed by atoms with van der Waals surface area (Å²) in [4.78, 5) is 11.3. The summed E-state index contributed by atoms with van der Waals surface area (Å²) < 4.78 is 5.37. The van der Waals surface area contributed by atoms with E-state index in [1.807, 2.05) is 12.1 Å². The molecule has 0 bridgehead atoms. The summed E-state index contributed by atoms with van der Waals surface area (Å²) >= 11 is 0. The summed E-state index contributed by atoms with van der Waals surface area (Å²) in [5, 5.41) is 6.42. The average Bonchev–Trinajstić information content (AvgIpc) is 2.40. The zero-order valence-corrected chi connectivity index (χ0v) is 11.9. The van der Waals surface area contributed by atoms with Crippen LogP contribution in [0.1, 0.15) is 44.2 Å². The Hall–Kier alpha value is -1.55. The van der Waals surface area contributed by atoms with E-state index in [4.69, 9.17) is 4.74 Å². The van der Waals surface area contributed by atoms with Crippen LogP contribution < -0.4 is 15.4 Å². The molecule has 4 heteroatoms. The molecule has 2 N–H and O–H groups in total. The molecule has 1 aromatic carbocycles. The van der Waals surface area contributed by atoms with Crippen molar-refractivity contribution in [2.75, 3.05) is 18.5 Å². The molecule has 1 aromatic rings. The van der Waals surface area contributed by atoms with E-state index in [0.29, 0.717) is 6.04 Å². The average molecular weight is 274 g/mol. The highest BCUT2D eigenvalue weighted by molar-refractivity contribution is 5.95. The van der Waals surface area contributed by atoms with Crippen LogP contribution in [0.25, 0.3) is 0 Å². The molecule has 1 atom stereocenters. The van der Waals surface area contributed by atoms with E-state index in [1.54, 1.807) is 0 Å². The van der Waals surface area contributed by atoms with Gasteiger partial charge in [0.15, 0.2) is 6.61 Å². The van der Waals surface area contributed by atoms with Gasteiger partial charge in [-0.3, -0.25) is 4.79 Å². The predicted octanol–water partition coefficient (Wildman–Crippen LogP) is 2.86. The third-order valence-corrected chi connectivity index (χ3v) is 4.36. The summed E-state index contributed by atoms with van der Waals surface area (Å²) in [5.41, 5.74) is 1.97. The number of rotatable bonds is 5. The lowest BCUT2D eigenvalue weighted by atomic mass is 9.83. The minimum absolute atomic E-state index is 0.0831. The van der Waals surface area contributed by atoms with E-state index in [9.17, 15) is 4.79 Å². The maximum Gasteiger partial charge on any atom is 0.262 e. The molecule has 1 fully saturated rings. The van der Waals surface area contributed by atoms with Gasteiger partial charge < -0.3 is 15.4 Å². The van der Waals surface area contributed by atoms with E-state index in [-0.39, 0.29) is 12.5 Å². The number of ether oxygens (including phenoxy) is 1. The third-order valence-electron chi connectivity index (χ3n) is 4.36. The Labute approximate surface area is 119 Å². The van der Waals surface area contributed by atoms with Gasteiger partial charge in [0.1, 0.15) is 5.75 Å². The van der Waals surface area contributed by atoms with Crippen LogP contribution in [0.3, 0.4) is 0 Å². The fraction of sp³-hybridized carbons (Fsp3) is 0.562. The van der Waals surface area contributed by atoms with Crippen LogP contribution in [0.5, 0.6) is 5.75 Å². The number of nitrogens with one attached hydrogen (secondary N) is 2. The molecule has 1 amide bonds. The van der Waals surface area contributed by atoms with Crippen LogP contribution in [-0.2, 0) is 4.79 Å². The highest BCUT2D eigenvalue weighted by atomic mass is 16.5. The molecular weight excluding hydrogens is 252 g/mol. The van der Waals surface area contributed by atoms with Crippen LogP contribution in [-0.4, -0.2) is 19.1 Å². The van der Waals surface area contributed by atoms with Gasteiger partial charge in [-0.05, 0) is 43.5 Å². The molecule has 0 spiro atoms. The fourth-order valence-electron chi connectivity index (χ4n) is 2.77. The molecule has 0 radical (unpaired) electrons. The van der Waals surface area contributed by atoms with E-state index in [1.165, 1.54) is 31.2 Å². The number of hydrogen-bond acceptors (Lipinski definition) is 3. The van der Waals surface area contributed by atoms with Crippen LogP contribution >= 0.6 is 0 Å². The summed E-state index contributed by atoms with van der Waals surface area (Å²) in [6.45, 7) is 3.33. The SMILES string of the molecule is CC(NCCC1CCC1)c1ccc2c(c1)NC(=O)CO2. The van der Waals surface area contributed by atoms with Crippen molar-refractivity contribution < 1.29 is 9.53 Å². The Morgan fingerprint density at radius 3 is 3.05 bits per heavy atom. The Morgan fingerprint density at radius 1 is 1.45 bits per heavy atom. The summed E-state index contributed by atoms with van der Waals surface area (Å²) in [6, 6.07) is 6.30. The maximum absolute atomic E-state index is 11.3. The number of carbonyl (C=O) groups is 1. The molecule has 1 aliphatic heterocycles. The molecule has 20 heavy (non-hydrogen) atoms. The van der Waals surface area contributed by atoms with Crippen LogP contribution in [0, 0.1) is 5.92 Å². The second-order valence-corrected chi connectivity index (χ2v) is 5.85. The zero-order chi connectivity index (χ0) is 13.9. The molecule has 0 saturated heterocycles. The summed E-state index contributed by atoms with van der Waals surface area (Å²) in [6.07, 6.45) is 5.48. The van der Waals surface area contributed by atoms with Gasteiger partial charge >= 0.3 is 0 Å². The summed E-state index contributed by atoms with van der Waals surface area (Å²) in [5.74, 6) is 1.61. The van der Waals surface area contributed by atoms with Crippen molar-refractivity contribution in [2.24, 2.45) is 5.92 Å². The zero-order valence-electron chi connectivity index (χ0n) is 11.9. The quantitative estimate of drug-likeness (QED) is 0.868. The van der Waals surface area contributed by atoms with E-state index >= 15 is 0 Å². The molecule has 108 valence electrons. The molecule has 2 aliphatic rings. The monoisotopic (exact) mass is 274 g/mol. The molecule has 1 unspecified atom stereocenters. The fourth-order valence-corrected chi connectivity index (χ4v) is 2.77. The topological polar surface area (TPSA) is 50.4 Å². The number of benzene rings is 1. The Morgan fingerprint density at radius 2 is 2.30 bits per heavy atom. The van der Waals surface area contributed by atoms with E-state index in [0.717, 1.165) is 23.9 Å². The van der Waals surface area contributed by atoms with Crippen LogP contribution in [0.15, 0.2) is 18.2 Å². The normalized spacial score (nSPS) is 19.6. The first-order valence-corrected chi connectivity index (χ1v) is 7.52. The lowest BCUT2D eigenvalue weighted by molar-refractivity contribution is -0.118. The Balaban J connectivity index is 1.58. The van der Waals surface area contributed by atoms with Gasteiger partial charge in [0.05, 0.1) is 5.69 Å². The lowest BCUT2D eigenvalue weighted by Crippen LogP contribution is -2.26. The smallest absolute Gasteiger partial charge is 0.262 e. The number of hydrogen-bond donors (Lipinski definition) is 2. The van der Waals surface area contributed by atoms with Crippen molar-refractivity contribution >= 4 is 11.6 Å². The molecule has 1 aliphatic carbocycles. The van der Waals surface area contributed by atoms with Crippen molar-refractivity contribution in [3.63, 3.8) is 0 Å². The first-order chi connectivity index (χ1) is 9.72. The van der Waals surface area contributed by atoms with Crippen LogP contribution in [0.4, 0.5) is 5.69 Å². The molecule has 1 saturated carbocycles. The molecule has 0 aromatic heterocycles. The highest BCUT2D eigenvalue weighted by Gasteiger charge is 2.19. The van der Waals surface area contributed by atoms with Gasteiger partial charge in [-0.25, -0.2) is 0 Å². The third kappa shape index (κ3) is 2.96. The van der Waals surface area contributed by atoms with Gasteiger partial charge in [-0.15, -0.1) is 0 Å².